The predicted molar refractivity (Wildman–Crippen MR) is 137 cm³/mol. The Labute approximate surface area is 200 Å². The highest BCUT2D eigenvalue weighted by atomic mass is 16.6. The lowest BCUT2D eigenvalue weighted by Gasteiger charge is -2.21. The van der Waals surface area contributed by atoms with Gasteiger partial charge in [0.1, 0.15) is 23.5 Å². The van der Waals surface area contributed by atoms with E-state index in [1.807, 2.05) is 63.2 Å². The van der Waals surface area contributed by atoms with E-state index in [2.05, 4.69) is 29.1 Å². The van der Waals surface area contributed by atoms with E-state index in [0.717, 1.165) is 57.6 Å². The van der Waals surface area contributed by atoms with Crippen molar-refractivity contribution < 1.29 is 14.3 Å². The predicted octanol–water partition coefficient (Wildman–Crippen LogP) is 6.50. The molecule has 0 unspecified atom stereocenters. The number of aromatic nitrogens is 3. The minimum Gasteiger partial charge on any atom is -0.497 e. The highest BCUT2D eigenvalue weighted by Crippen LogP contribution is 2.34. The molecule has 0 aliphatic carbocycles. The normalized spacial score (nSPS) is 11.9. The topological polar surface area (TPSA) is 78.3 Å². The lowest BCUT2D eigenvalue weighted by atomic mass is 10.1. The Hall–Kier alpha value is -3.61. The van der Waals surface area contributed by atoms with Crippen molar-refractivity contribution in [3.05, 3.63) is 48.8 Å². The standard InChI is InChI=1S/C27H32N4O3/c1-17(2)11-12-28-25-21-14-18(7-9-22(21)29-16-30-25)24-15-19-13-20(33-6)8-10-23(19)31(24)26(32)34-27(3,4)5/h7-10,13-17H,11-12H2,1-6H3,(H,28,29,30). The summed E-state index contributed by atoms with van der Waals surface area (Å²) in [5, 5.41) is 5.24. The molecule has 2 heterocycles. The molecular weight excluding hydrogens is 428 g/mol. The van der Waals surface area contributed by atoms with Crippen molar-refractivity contribution in [2.45, 2.75) is 46.6 Å². The Morgan fingerprint density at radius 2 is 1.88 bits per heavy atom. The minimum absolute atomic E-state index is 0.428. The average molecular weight is 461 g/mol. The smallest absolute Gasteiger partial charge is 0.419 e. The van der Waals surface area contributed by atoms with E-state index in [9.17, 15) is 4.79 Å². The molecule has 7 nitrogen and oxygen atoms in total. The van der Waals surface area contributed by atoms with Gasteiger partial charge in [0.25, 0.3) is 0 Å². The fraction of sp³-hybridized carbons (Fsp3) is 0.370. The molecule has 2 aromatic carbocycles. The summed E-state index contributed by atoms with van der Waals surface area (Å²) in [6.45, 7) is 10.8. The lowest BCUT2D eigenvalue weighted by Crippen LogP contribution is -2.27. The number of ether oxygens (including phenoxy) is 2. The molecule has 0 saturated heterocycles. The summed E-state index contributed by atoms with van der Waals surface area (Å²) < 4.78 is 12.8. The summed E-state index contributed by atoms with van der Waals surface area (Å²) in [6.07, 6.45) is 2.19. The Balaban J connectivity index is 1.85. The van der Waals surface area contributed by atoms with Gasteiger partial charge in [-0.1, -0.05) is 19.9 Å². The van der Waals surface area contributed by atoms with Gasteiger partial charge in [-0.25, -0.2) is 19.3 Å². The van der Waals surface area contributed by atoms with Gasteiger partial charge in [-0.3, -0.25) is 0 Å². The highest BCUT2D eigenvalue weighted by Gasteiger charge is 2.23. The third-order valence-electron chi connectivity index (χ3n) is 5.53. The van der Waals surface area contributed by atoms with Crippen LogP contribution in [0.15, 0.2) is 48.8 Å². The number of nitrogens with one attached hydrogen (secondary N) is 1. The number of carbonyl (C=O) groups is 1. The fourth-order valence-electron chi connectivity index (χ4n) is 3.87. The maximum absolute atomic E-state index is 13.3. The zero-order chi connectivity index (χ0) is 24.5. The maximum atomic E-state index is 13.3. The van der Waals surface area contributed by atoms with E-state index in [4.69, 9.17) is 9.47 Å². The van der Waals surface area contributed by atoms with Gasteiger partial charge >= 0.3 is 6.09 Å². The van der Waals surface area contributed by atoms with Crippen LogP contribution in [0.3, 0.4) is 0 Å². The number of methoxy groups -OCH3 is 1. The highest BCUT2D eigenvalue weighted by molar-refractivity contribution is 5.99. The maximum Gasteiger partial charge on any atom is 0.419 e. The summed E-state index contributed by atoms with van der Waals surface area (Å²) >= 11 is 0. The summed E-state index contributed by atoms with van der Waals surface area (Å²) in [5.74, 6) is 2.11. The van der Waals surface area contributed by atoms with Crippen LogP contribution in [0.1, 0.15) is 41.0 Å². The van der Waals surface area contributed by atoms with E-state index in [0.29, 0.717) is 5.92 Å². The Kier molecular flexibility index (Phi) is 6.46. The summed E-state index contributed by atoms with van der Waals surface area (Å²) in [5.41, 5.74) is 2.58. The van der Waals surface area contributed by atoms with Gasteiger partial charge in [0.2, 0.25) is 0 Å². The van der Waals surface area contributed by atoms with Crippen LogP contribution in [0.25, 0.3) is 33.1 Å². The van der Waals surface area contributed by atoms with Crippen molar-refractivity contribution in [3.8, 4) is 17.0 Å². The van der Waals surface area contributed by atoms with E-state index < -0.39 is 11.7 Å². The van der Waals surface area contributed by atoms with Crippen LogP contribution >= 0.6 is 0 Å². The number of nitrogens with zero attached hydrogens (tertiary/aromatic N) is 3. The molecule has 7 heteroatoms. The van der Waals surface area contributed by atoms with Crippen LogP contribution in [0.5, 0.6) is 5.75 Å². The molecule has 0 amide bonds. The number of hydrogen-bond donors (Lipinski definition) is 1. The van der Waals surface area contributed by atoms with Gasteiger partial charge in [-0.2, -0.15) is 0 Å². The van der Waals surface area contributed by atoms with Crippen molar-refractivity contribution in [1.29, 1.82) is 0 Å². The molecule has 2 aromatic heterocycles. The van der Waals surface area contributed by atoms with E-state index in [1.54, 1.807) is 18.0 Å². The van der Waals surface area contributed by atoms with Crippen molar-refractivity contribution in [2.75, 3.05) is 19.0 Å². The molecule has 4 aromatic rings. The fourth-order valence-corrected chi connectivity index (χ4v) is 3.87. The van der Waals surface area contributed by atoms with Gasteiger partial charge in [0.15, 0.2) is 0 Å². The zero-order valence-corrected chi connectivity index (χ0v) is 20.7. The van der Waals surface area contributed by atoms with Gasteiger partial charge < -0.3 is 14.8 Å². The number of carbonyl (C=O) groups excluding carboxylic acids is 1. The first-order valence-corrected chi connectivity index (χ1v) is 11.6. The molecule has 0 bridgehead atoms. The van der Waals surface area contributed by atoms with Crippen LogP contribution in [-0.2, 0) is 4.74 Å². The quantitative estimate of drug-likeness (QED) is 0.354. The minimum atomic E-state index is -0.623. The molecule has 0 atom stereocenters. The van der Waals surface area contributed by atoms with Gasteiger partial charge in [0.05, 0.1) is 23.8 Å². The SMILES string of the molecule is COc1ccc2c(c1)cc(-c1ccc3ncnc(NCCC(C)C)c3c1)n2C(=O)OC(C)(C)C. The number of anilines is 1. The van der Waals surface area contributed by atoms with Crippen molar-refractivity contribution in [2.24, 2.45) is 5.92 Å². The van der Waals surface area contributed by atoms with Gasteiger partial charge in [0, 0.05) is 17.3 Å². The largest absolute Gasteiger partial charge is 0.497 e. The molecule has 0 aliphatic heterocycles. The first-order valence-electron chi connectivity index (χ1n) is 11.6. The molecule has 0 aliphatic rings. The number of fused-ring (bicyclic) bond motifs is 2. The Bertz CT molecular complexity index is 1340. The van der Waals surface area contributed by atoms with Crippen LogP contribution in [-0.4, -0.2) is 39.9 Å². The Morgan fingerprint density at radius 1 is 1.09 bits per heavy atom. The molecular formula is C27H32N4O3. The molecule has 178 valence electrons. The van der Waals surface area contributed by atoms with Crippen molar-refractivity contribution in [1.82, 2.24) is 14.5 Å². The molecule has 0 radical (unpaired) electrons. The lowest BCUT2D eigenvalue weighted by molar-refractivity contribution is 0.0547. The molecule has 4 rings (SSSR count). The summed E-state index contributed by atoms with van der Waals surface area (Å²) in [4.78, 5) is 22.2. The molecule has 1 N–H and O–H groups in total. The Morgan fingerprint density at radius 3 is 2.59 bits per heavy atom. The van der Waals surface area contributed by atoms with Crippen LogP contribution < -0.4 is 10.1 Å². The molecule has 0 spiro atoms. The first-order chi connectivity index (χ1) is 16.2. The van der Waals surface area contributed by atoms with Crippen LogP contribution in [0.2, 0.25) is 0 Å². The third-order valence-corrected chi connectivity index (χ3v) is 5.53. The molecule has 0 fully saturated rings. The second kappa shape index (κ2) is 9.33. The van der Waals surface area contributed by atoms with E-state index in [1.165, 1.54) is 0 Å². The van der Waals surface area contributed by atoms with Crippen molar-refractivity contribution >= 4 is 33.7 Å². The third kappa shape index (κ3) is 4.98. The van der Waals surface area contributed by atoms with E-state index >= 15 is 0 Å². The van der Waals surface area contributed by atoms with Gasteiger partial charge in [-0.05, 0) is 75.1 Å². The first kappa shape index (κ1) is 23.5. The number of hydrogen-bond acceptors (Lipinski definition) is 6. The monoisotopic (exact) mass is 460 g/mol. The molecule has 0 saturated carbocycles. The second-order valence-electron chi connectivity index (χ2n) is 9.83. The summed E-state index contributed by atoms with van der Waals surface area (Å²) in [7, 11) is 1.63. The summed E-state index contributed by atoms with van der Waals surface area (Å²) in [6, 6.07) is 13.6. The average Bonchev–Trinajstić information content (AvgIpc) is 3.16. The number of benzene rings is 2. The second-order valence-corrected chi connectivity index (χ2v) is 9.83. The zero-order valence-electron chi connectivity index (χ0n) is 20.7. The van der Waals surface area contributed by atoms with Crippen LogP contribution in [0, 0.1) is 5.92 Å². The molecule has 34 heavy (non-hydrogen) atoms. The van der Waals surface area contributed by atoms with Gasteiger partial charge in [-0.15, -0.1) is 0 Å². The number of rotatable bonds is 6. The van der Waals surface area contributed by atoms with Crippen LogP contribution in [0.4, 0.5) is 10.6 Å². The van der Waals surface area contributed by atoms with E-state index in [-0.39, 0.29) is 0 Å². The van der Waals surface area contributed by atoms with Crippen molar-refractivity contribution in [3.63, 3.8) is 0 Å².